The zero-order chi connectivity index (χ0) is 15.5. The van der Waals surface area contributed by atoms with Gasteiger partial charge in [0.1, 0.15) is 0 Å². The van der Waals surface area contributed by atoms with Crippen LogP contribution in [0.5, 0.6) is 0 Å². The molecule has 1 amide bonds. The zero-order valence-electron chi connectivity index (χ0n) is 13.7. The molecule has 1 aliphatic heterocycles. The number of likely N-dealkylation sites (tertiary alicyclic amines) is 1. The number of hydrogen-bond acceptors (Lipinski definition) is 2. The van der Waals surface area contributed by atoms with Gasteiger partial charge in [-0.1, -0.05) is 31.4 Å². The van der Waals surface area contributed by atoms with E-state index in [2.05, 4.69) is 40.1 Å². The second-order valence-electron chi connectivity index (χ2n) is 6.70. The minimum absolute atomic E-state index is 0.267. The lowest BCUT2D eigenvalue weighted by atomic mass is 9.94. The maximum absolute atomic E-state index is 12.6. The van der Waals surface area contributed by atoms with E-state index in [1.165, 1.54) is 37.8 Å². The minimum atomic E-state index is 0.267. The molecule has 1 aromatic carbocycles. The number of benzene rings is 1. The molecular formula is C19H26N2O. The summed E-state index contributed by atoms with van der Waals surface area (Å²) in [4.78, 5) is 16.8. The molecule has 0 atom stereocenters. The van der Waals surface area contributed by atoms with E-state index in [-0.39, 0.29) is 5.91 Å². The first kappa shape index (κ1) is 15.1. The second kappa shape index (κ2) is 6.55. The first-order chi connectivity index (χ1) is 10.6. The van der Waals surface area contributed by atoms with Crippen LogP contribution in [0.2, 0.25) is 0 Å². The fourth-order valence-corrected chi connectivity index (χ4v) is 3.58. The maximum atomic E-state index is 12.6. The van der Waals surface area contributed by atoms with Crippen molar-refractivity contribution in [2.75, 3.05) is 25.5 Å². The van der Waals surface area contributed by atoms with Crippen molar-refractivity contribution in [3.8, 4) is 0 Å². The van der Waals surface area contributed by atoms with Crippen LogP contribution in [-0.2, 0) is 4.79 Å². The van der Waals surface area contributed by atoms with E-state index in [0.717, 1.165) is 24.1 Å². The Morgan fingerprint density at radius 3 is 2.41 bits per heavy atom. The lowest BCUT2D eigenvalue weighted by Gasteiger charge is -2.30. The van der Waals surface area contributed by atoms with Crippen LogP contribution in [-0.4, -0.2) is 37.5 Å². The van der Waals surface area contributed by atoms with Gasteiger partial charge in [-0.3, -0.25) is 4.79 Å². The number of rotatable bonds is 3. The molecule has 2 fully saturated rings. The third-order valence-corrected chi connectivity index (χ3v) is 4.92. The highest BCUT2D eigenvalue weighted by Crippen LogP contribution is 2.29. The fraction of sp³-hybridized carbons (Fsp3) is 0.526. The van der Waals surface area contributed by atoms with E-state index in [0.29, 0.717) is 6.04 Å². The van der Waals surface area contributed by atoms with E-state index in [1.54, 1.807) is 0 Å². The van der Waals surface area contributed by atoms with Gasteiger partial charge in [-0.05, 0) is 43.0 Å². The molecule has 2 aliphatic rings. The molecule has 0 spiro atoms. The van der Waals surface area contributed by atoms with Gasteiger partial charge in [0.05, 0.1) is 0 Å². The van der Waals surface area contributed by atoms with Crippen LogP contribution < -0.4 is 4.90 Å². The van der Waals surface area contributed by atoms with Crippen LogP contribution in [0.3, 0.4) is 0 Å². The predicted molar refractivity (Wildman–Crippen MR) is 91.9 cm³/mol. The van der Waals surface area contributed by atoms with Crippen molar-refractivity contribution in [2.24, 2.45) is 0 Å². The molecule has 1 aromatic rings. The highest BCUT2D eigenvalue weighted by molar-refractivity contribution is 6.00. The average molecular weight is 298 g/mol. The molecule has 3 heteroatoms. The Balaban J connectivity index is 1.71. The molecule has 118 valence electrons. The van der Waals surface area contributed by atoms with Gasteiger partial charge in [-0.15, -0.1) is 0 Å². The molecule has 3 rings (SSSR count). The monoisotopic (exact) mass is 298 g/mol. The largest absolute Gasteiger partial charge is 0.378 e. The van der Waals surface area contributed by atoms with Gasteiger partial charge in [0.25, 0.3) is 0 Å². The number of nitrogens with zero attached hydrogens (tertiary/aromatic N) is 2. The summed E-state index contributed by atoms with van der Waals surface area (Å²) in [7, 11) is 4.08. The average Bonchev–Trinajstić information content (AvgIpc) is 2.90. The normalized spacial score (nSPS) is 21.6. The van der Waals surface area contributed by atoms with Crippen molar-refractivity contribution in [2.45, 2.75) is 44.6 Å². The number of carbonyl (C=O) groups is 1. The van der Waals surface area contributed by atoms with Crippen molar-refractivity contribution < 1.29 is 4.79 Å². The van der Waals surface area contributed by atoms with Crippen molar-refractivity contribution >= 4 is 17.7 Å². The molecular weight excluding hydrogens is 272 g/mol. The van der Waals surface area contributed by atoms with Crippen LogP contribution >= 0.6 is 0 Å². The highest BCUT2D eigenvalue weighted by atomic mass is 16.2. The molecule has 0 bridgehead atoms. The number of hydrogen-bond donors (Lipinski definition) is 0. The Hall–Kier alpha value is -1.77. The third kappa shape index (κ3) is 3.18. The van der Waals surface area contributed by atoms with Gasteiger partial charge in [-0.25, -0.2) is 0 Å². The Kier molecular flexibility index (Phi) is 4.51. The van der Waals surface area contributed by atoms with Crippen LogP contribution in [0.1, 0.15) is 44.1 Å². The summed E-state index contributed by atoms with van der Waals surface area (Å²) in [6.45, 7) is 0.908. The molecule has 1 saturated heterocycles. The lowest BCUT2D eigenvalue weighted by Crippen LogP contribution is -2.37. The van der Waals surface area contributed by atoms with Gasteiger partial charge in [-0.2, -0.15) is 0 Å². The van der Waals surface area contributed by atoms with E-state index in [4.69, 9.17) is 0 Å². The smallest absolute Gasteiger partial charge is 0.250 e. The standard InChI is InChI=1S/C19H26N2O/c1-20(2)17-10-8-15(9-11-17)14-16-12-13-21(19(16)22)18-6-4-3-5-7-18/h8-11,14,18H,3-7,12-13H2,1-2H3/b16-14+. The van der Waals surface area contributed by atoms with Gasteiger partial charge in [0.2, 0.25) is 5.91 Å². The molecule has 3 nitrogen and oxygen atoms in total. The number of anilines is 1. The van der Waals surface area contributed by atoms with Crippen LogP contribution in [0.15, 0.2) is 29.8 Å². The van der Waals surface area contributed by atoms with Crippen molar-refractivity contribution in [1.82, 2.24) is 4.90 Å². The number of amides is 1. The van der Waals surface area contributed by atoms with Gasteiger partial charge in [0.15, 0.2) is 0 Å². The Morgan fingerprint density at radius 2 is 1.77 bits per heavy atom. The molecule has 1 saturated carbocycles. The first-order valence-electron chi connectivity index (χ1n) is 8.44. The van der Waals surface area contributed by atoms with Crippen molar-refractivity contribution in [1.29, 1.82) is 0 Å². The molecule has 0 aromatic heterocycles. The quantitative estimate of drug-likeness (QED) is 0.794. The summed E-state index contributed by atoms with van der Waals surface area (Å²) in [5.41, 5.74) is 3.28. The molecule has 0 radical (unpaired) electrons. The molecule has 1 aliphatic carbocycles. The predicted octanol–water partition coefficient (Wildman–Crippen LogP) is 3.70. The van der Waals surface area contributed by atoms with E-state index >= 15 is 0 Å². The summed E-state index contributed by atoms with van der Waals surface area (Å²) in [6.07, 6.45) is 9.24. The maximum Gasteiger partial charge on any atom is 0.250 e. The summed E-state index contributed by atoms with van der Waals surface area (Å²) in [6, 6.07) is 8.89. The highest BCUT2D eigenvalue weighted by Gasteiger charge is 2.32. The molecule has 0 N–H and O–H groups in total. The van der Waals surface area contributed by atoms with Gasteiger partial charge >= 0.3 is 0 Å². The molecule has 22 heavy (non-hydrogen) atoms. The first-order valence-corrected chi connectivity index (χ1v) is 8.44. The summed E-state index contributed by atoms with van der Waals surface area (Å²) in [5.74, 6) is 0.267. The number of carbonyl (C=O) groups excluding carboxylic acids is 1. The Labute approximate surface area is 133 Å². The SMILES string of the molecule is CN(C)c1ccc(/C=C2\CCN(C3CCCCC3)C2=O)cc1. The van der Waals surface area contributed by atoms with E-state index in [9.17, 15) is 4.79 Å². The zero-order valence-corrected chi connectivity index (χ0v) is 13.7. The van der Waals surface area contributed by atoms with Crippen molar-refractivity contribution in [3.05, 3.63) is 35.4 Å². The van der Waals surface area contributed by atoms with E-state index < -0.39 is 0 Å². The summed E-state index contributed by atoms with van der Waals surface area (Å²) >= 11 is 0. The van der Waals surface area contributed by atoms with Gasteiger partial charge in [0, 0.05) is 37.9 Å². The second-order valence-corrected chi connectivity index (χ2v) is 6.70. The summed E-state index contributed by atoms with van der Waals surface area (Å²) in [5, 5.41) is 0. The van der Waals surface area contributed by atoms with Gasteiger partial charge < -0.3 is 9.80 Å². The van der Waals surface area contributed by atoms with Crippen LogP contribution in [0, 0.1) is 0 Å². The Morgan fingerprint density at radius 1 is 1.09 bits per heavy atom. The molecule has 1 heterocycles. The molecule has 0 unspecified atom stereocenters. The minimum Gasteiger partial charge on any atom is -0.378 e. The van der Waals surface area contributed by atoms with Crippen molar-refractivity contribution in [3.63, 3.8) is 0 Å². The third-order valence-electron chi connectivity index (χ3n) is 4.92. The fourth-order valence-electron chi connectivity index (χ4n) is 3.58. The topological polar surface area (TPSA) is 23.6 Å². The Bertz CT molecular complexity index is 553. The summed E-state index contributed by atoms with van der Waals surface area (Å²) < 4.78 is 0. The van der Waals surface area contributed by atoms with Crippen LogP contribution in [0.4, 0.5) is 5.69 Å². The van der Waals surface area contributed by atoms with E-state index in [1.807, 2.05) is 14.1 Å². The van der Waals surface area contributed by atoms with Crippen LogP contribution in [0.25, 0.3) is 6.08 Å². The lowest BCUT2D eigenvalue weighted by molar-refractivity contribution is -0.127.